The number of anilines is 1. The number of hydrogen-bond acceptors (Lipinski definition) is 2. The first-order valence-corrected chi connectivity index (χ1v) is 6.75. The fraction of sp³-hybridized carbons (Fsp3) is 0.571. The van der Waals surface area contributed by atoms with Gasteiger partial charge in [0, 0.05) is 23.3 Å². The molecule has 1 aromatic carbocycles. The van der Waals surface area contributed by atoms with Crippen molar-refractivity contribution in [2.45, 2.75) is 32.2 Å². The van der Waals surface area contributed by atoms with E-state index in [1.807, 2.05) is 13.0 Å². The number of hydrogen-bond donors (Lipinski definition) is 1. The first-order valence-electron chi connectivity index (χ1n) is 6.37. The number of rotatable bonds is 3. The Kier molecular flexibility index (Phi) is 4.30. The topological polar surface area (TPSA) is 15.3 Å². The highest BCUT2D eigenvalue weighted by atomic mass is 35.5. The van der Waals surface area contributed by atoms with Crippen LogP contribution in [0.5, 0.6) is 0 Å². The zero-order valence-electron chi connectivity index (χ0n) is 10.7. The van der Waals surface area contributed by atoms with Gasteiger partial charge in [0.1, 0.15) is 0 Å². The summed E-state index contributed by atoms with van der Waals surface area (Å²) in [7, 11) is 2.22. The summed E-state index contributed by atoms with van der Waals surface area (Å²) in [6.45, 7) is 4.26. The molecule has 17 heavy (non-hydrogen) atoms. The Morgan fingerprint density at radius 2 is 2.24 bits per heavy atom. The minimum absolute atomic E-state index is 0.656. The predicted octanol–water partition coefficient (Wildman–Crippen LogP) is 3.54. The van der Waals surface area contributed by atoms with Crippen LogP contribution in [-0.2, 0) is 0 Å². The van der Waals surface area contributed by atoms with Crippen molar-refractivity contribution in [2.75, 3.05) is 25.5 Å². The summed E-state index contributed by atoms with van der Waals surface area (Å²) in [5.74, 6) is 0. The van der Waals surface area contributed by atoms with Gasteiger partial charge in [-0.15, -0.1) is 0 Å². The van der Waals surface area contributed by atoms with E-state index in [4.69, 9.17) is 11.6 Å². The average molecular weight is 253 g/mol. The number of piperidine rings is 1. The molecule has 0 aromatic heterocycles. The first-order chi connectivity index (χ1) is 8.16. The van der Waals surface area contributed by atoms with E-state index >= 15 is 0 Å². The third-order valence-corrected chi connectivity index (χ3v) is 4.04. The van der Waals surface area contributed by atoms with Crippen molar-refractivity contribution in [2.24, 2.45) is 0 Å². The Morgan fingerprint density at radius 1 is 1.41 bits per heavy atom. The van der Waals surface area contributed by atoms with Crippen molar-refractivity contribution in [3.05, 3.63) is 28.8 Å². The molecular formula is C14H21ClN2. The maximum absolute atomic E-state index is 6.11. The van der Waals surface area contributed by atoms with Crippen molar-refractivity contribution >= 4 is 17.3 Å². The summed E-state index contributed by atoms with van der Waals surface area (Å²) >= 11 is 6.11. The smallest absolute Gasteiger partial charge is 0.0455 e. The van der Waals surface area contributed by atoms with Gasteiger partial charge in [-0.3, -0.25) is 0 Å². The molecule has 1 heterocycles. The van der Waals surface area contributed by atoms with Crippen molar-refractivity contribution in [3.63, 3.8) is 0 Å². The van der Waals surface area contributed by atoms with Crippen LogP contribution in [0.25, 0.3) is 0 Å². The molecule has 0 bridgehead atoms. The zero-order chi connectivity index (χ0) is 12.3. The summed E-state index contributed by atoms with van der Waals surface area (Å²) in [6.07, 6.45) is 3.98. The summed E-state index contributed by atoms with van der Waals surface area (Å²) in [6, 6.07) is 6.84. The van der Waals surface area contributed by atoms with E-state index in [-0.39, 0.29) is 0 Å². The molecule has 1 aromatic rings. The van der Waals surface area contributed by atoms with E-state index in [0.717, 1.165) is 22.8 Å². The molecule has 1 saturated heterocycles. The van der Waals surface area contributed by atoms with Gasteiger partial charge in [0.15, 0.2) is 0 Å². The summed E-state index contributed by atoms with van der Waals surface area (Å²) in [5.41, 5.74) is 2.26. The zero-order valence-corrected chi connectivity index (χ0v) is 11.4. The van der Waals surface area contributed by atoms with Crippen LogP contribution in [0, 0.1) is 6.92 Å². The minimum Gasteiger partial charge on any atom is -0.383 e. The second kappa shape index (κ2) is 5.74. The third-order valence-electron chi connectivity index (χ3n) is 3.64. The van der Waals surface area contributed by atoms with E-state index in [1.54, 1.807) is 0 Å². The van der Waals surface area contributed by atoms with E-state index in [1.165, 1.54) is 25.8 Å². The molecule has 1 aliphatic rings. The maximum Gasteiger partial charge on any atom is 0.0455 e. The second-order valence-corrected chi connectivity index (χ2v) is 5.38. The van der Waals surface area contributed by atoms with E-state index in [9.17, 15) is 0 Å². The van der Waals surface area contributed by atoms with Crippen molar-refractivity contribution < 1.29 is 0 Å². The lowest BCUT2D eigenvalue weighted by Crippen LogP contribution is -2.40. The molecule has 2 rings (SSSR count). The van der Waals surface area contributed by atoms with Gasteiger partial charge in [-0.25, -0.2) is 0 Å². The average Bonchev–Trinajstić information content (AvgIpc) is 2.32. The molecule has 1 aliphatic heterocycles. The molecule has 0 spiro atoms. The van der Waals surface area contributed by atoms with E-state index < -0.39 is 0 Å². The Bertz CT molecular complexity index is 378. The highest BCUT2D eigenvalue weighted by molar-refractivity contribution is 6.31. The lowest BCUT2D eigenvalue weighted by Gasteiger charge is -2.32. The molecule has 1 fully saturated rings. The van der Waals surface area contributed by atoms with Crippen LogP contribution in [0.15, 0.2) is 18.2 Å². The fourth-order valence-electron chi connectivity index (χ4n) is 2.34. The summed E-state index contributed by atoms with van der Waals surface area (Å²) in [5, 5.41) is 4.33. The summed E-state index contributed by atoms with van der Waals surface area (Å²) in [4.78, 5) is 2.45. The van der Waals surface area contributed by atoms with Crippen LogP contribution in [0.4, 0.5) is 5.69 Å². The number of likely N-dealkylation sites (N-methyl/N-ethyl adjacent to an activating group) is 1. The number of aryl methyl sites for hydroxylation is 1. The Hall–Kier alpha value is -0.730. The van der Waals surface area contributed by atoms with Gasteiger partial charge in [0.05, 0.1) is 0 Å². The molecule has 2 nitrogen and oxygen atoms in total. The molecular weight excluding hydrogens is 232 g/mol. The highest BCUT2D eigenvalue weighted by Crippen LogP contribution is 2.21. The second-order valence-electron chi connectivity index (χ2n) is 4.98. The fourth-order valence-corrected chi connectivity index (χ4v) is 2.52. The van der Waals surface area contributed by atoms with E-state index in [2.05, 4.69) is 29.4 Å². The van der Waals surface area contributed by atoms with Gasteiger partial charge in [-0.05, 0) is 51.1 Å². The predicted molar refractivity (Wildman–Crippen MR) is 74.9 cm³/mol. The molecule has 3 heteroatoms. The Morgan fingerprint density at radius 3 is 2.94 bits per heavy atom. The van der Waals surface area contributed by atoms with Gasteiger partial charge < -0.3 is 10.2 Å². The number of nitrogens with zero attached hydrogens (tertiary/aromatic N) is 1. The van der Waals surface area contributed by atoms with Crippen molar-refractivity contribution in [1.82, 2.24) is 4.90 Å². The third kappa shape index (κ3) is 3.36. The van der Waals surface area contributed by atoms with Crippen molar-refractivity contribution in [1.29, 1.82) is 0 Å². The monoisotopic (exact) mass is 252 g/mol. The van der Waals surface area contributed by atoms with Crippen molar-refractivity contribution in [3.8, 4) is 0 Å². The van der Waals surface area contributed by atoms with Crippen LogP contribution >= 0.6 is 11.6 Å². The van der Waals surface area contributed by atoms with Gasteiger partial charge in [0.2, 0.25) is 0 Å². The minimum atomic E-state index is 0.656. The molecule has 1 atom stereocenters. The van der Waals surface area contributed by atoms with Crippen LogP contribution < -0.4 is 5.32 Å². The van der Waals surface area contributed by atoms with Gasteiger partial charge in [-0.2, -0.15) is 0 Å². The van der Waals surface area contributed by atoms with Crippen LogP contribution in [0.2, 0.25) is 5.02 Å². The lowest BCUT2D eigenvalue weighted by molar-refractivity contribution is 0.194. The first kappa shape index (κ1) is 12.7. The quantitative estimate of drug-likeness (QED) is 0.885. The van der Waals surface area contributed by atoms with Crippen LogP contribution in [-0.4, -0.2) is 31.1 Å². The molecule has 0 amide bonds. The largest absolute Gasteiger partial charge is 0.383 e. The standard InChI is InChI=1S/C14H21ClN2/c1-11-6-7-12(9-14(11)15)16-10-13-5-3-4-8-17(13)2/h6-7,9,13,16H,3-5,8,10H2,1-2H3. The number of halogens is 1. The molecule has 0 aliphatic carbocycles. The lowest BCUT2D eigenvalue weighted by atomic mass is 10.0. The number of likely N-dealkylation sites (tertiary alicyclic amines) is 1. The molecule has 94 valence electrons. The number of nitrogens with one attached hydrogen (secondary N) is 1. The highest BCUT2D eigenvalue weighted by Gasteiger charge is 2.18. The van der Waals surface area contributed by atoms with Crippen LogP contribution in [0.3, 0.4) is 0 Å². The van der Waals surface area contributed by atoms with Gasteiger partial charge in [-0.1, -0.05) is 24.1 Å². The molecule has 0 radical (unpaired) electrons. The molecule has 1 unspecified atom stereocenters. The Balaban J connectivity index is 1.90. The molecule has 1 N–H and O–H groups in total. The normalized spacial score (nSPS) is 21.5. The Labute approximate surface area is 109 Å². The molecule has 0 saturated carbocycles. The van der Waals surface area contributed by atoms with Gasteiger partial charge in [0.25, 0.3) is 0 Å². The van der Waals surface area contributed by atoms with E-state index in [0.29, 0.717) is 6.04 Å². The van der Waals surface area contributed by atoms with Gasteiger partial charge >= 0.3 is 0 Å². The maximum atomic E-state index is 6.11. The summed E-state index contributed by atoms with van der Waals surface area (Å²) < 4.78 is 0. The SMILES string of the molecule is Cc1ccc(NCC2CCCCN2C)cc1Cl. The number of benzene rings is 1. The van der Waals surface area contributed by atoms with Crippen LogP contribution in [0.1, 0.15) is 24.8 Å².